The number of aliphatic imine (C=N–C) groups is 1. The normalized spacial score (nSPS) is 16.4. The van der Waals surface area contributed by atoms with Gasteiger partial charge >= 0.3 is 0 Å². The Morgan fingerprint density at radius 1 is 1.31 bits per heavy atom. The number of halogens is 2. The Kier molecular flexibility index (Phi) is 9.65. The average molecular weight is 549 g/mol. The lowest BCUT2D eigenvalue weighted by Gasteiger charge is -2.38. The molecule has 0 amide bonds. The van der Waals surface area contributed by atoms with Gasteiger partial charge < -0.3 is 15.4 Å². The number of hydrogen-bond donors (Lipinski definition) is 2. The fourth-order valence-corrected chi connectivity index (χ4v) is 4.54. The second-order valence-electron chi connectivity index (χ2n) is 7.50. The van der Waals surface area contributed by atoms with Gasteiger partial charge in [-0.05, 0) is 36.5 Å². The molecule has 2 aromatic rings. The first-order valence-electron chi connectivity index (χ1n) is 9.75. The van der Waals surface area contributed by atoms with Gasteiger partial charge in [-0.1, -0.05) is 37.6 Å². The maximum absolute atomic E-state index is 6.26. The van der Waals surface area contributed by atoms with Crippen LogP contribution in [0.2, 0.25) is 5.02 Å². The summed E-state index contributed by atoms with van der Waals surface area (Å²) < 4.78 is 5.62. The van der Waals surface area contributed by atoms with Crippen molar-refractivity contribution in [3.8, 4) is 0 Å². The molecule has 0 bridgehead atoms. The minimum absolute atomic E-state index is 0. The predicted molar refractivity (Wildman–Crippen MR) is 133 cm³/mol. The van der Waals surface area contributed by atoms with Crippen molar-refractivity contribution in [2.75, 3.05) is 26.8 Å². The number of hydrogen-bond acceptors (Lipinski definition) is 4. The van der Waals surface area contributed by atoms with Crippen LogP contribution in [0.4, 0.5) is 0 Å². The van der Waals surface area contributed by atoms with Crippen LogP contribution >= 0.6 is 46.9 Å². The molecule has 1 saturated heterocycles. The number of ether oxygens (including phenoxy) is 1. The van der Waals surface area contributed by atoms with Crippen molar-refractivity contribution < 1.29 is 4.74 Å². The number of nitrogens with one attached hydrogen (secondary N) is 2. The topological polar surface area (TPSA) is 58.5 Å². The molecule has 29 heavy (non-hydrogen) atoms. The van der Waals surface area contributed by atoms with Crippen molar-refractivity contribution in [2.45, 2.75) is 44.6 Å². The van der Waals surface area contributed by atoms with Crippen LogP contribution in [0.5, 0.6) is 0 Å². The van der Waals surface area contributed by atoms with Crippen LogP contribution in [0.15, 0.2) is 34.6 Å². The average Bonchev–Trinajstić information content (AvgIpc) is 3.18. The highest BCUT2D eigenvalue weighted by molar-refractivity contribution is 14.0. The number of thiazole rings is 1. The van der Waals surface area contributed by atoms with Gasteiger partial charge in [0.05, 0.1) is 12.2 Å². The molecule has 1 aromatic heterocycles. The van der Waals surface area contributed by atoms with E-state index in [1.807, 2.05) is 12.1 Å². The Bertz CT molecular complexity index is 805. The molecule has 160 valence electrons. The maximum atomic E-state index is 6.26. The standard InChI is InChI=1S/C21H29ClN4OS.HI/c1-15(2)18-13-28-19(26-18)12-24-20(23-3)25-14-21(7-9-27-10-8-21)16-5-4-6-17(22)11-16;/h4-6,11,13,15H,7-10,12,14H2,1-3H3,(H2,23,24,25);1H. The molecular weight excluding hydrogens is 519 g/mol. The van der Waals surface area contributed by atoms with Crippen LogP contribution < -0.4 is 10.6 Å². The monoisotopic (exact) mass is 548 g/mol. The fraction of sp³-hybridized carbons (Fsp3) is 0.524. The highest BCUT2D eigenvalue weighted by atomic mass is 127. The van der Waals surface area contributed by atoms with Crippen molar-refractivity contribution >= 4 is 52.9 Å². The van der Waals surface area contributed by atoms with Crippen LogP contribution in [-0.2, 0) is 16.7 Å². The Balaban J connectivity index is 0.00000300. The molecule has 0 spiro atoms. The van der Waals surface area contributed by atoms with Crippen LogP contribution in [0.25, 0.3) is 0 Å². The van der Waals surface area contributed by atoms with Crippen LogP contribution in [0, 0.1) is 0 Å². The van der Waals surface area contributed by atoms with Gasteiger partial charge in [-0.2, -0.15) is 0 Å². The lowest BCUT2D eigenvalue weighted by atomic mass is 9.74. The van der Waals surface area contributed by atoms with Gasteiger partial charge in [0.1, 0.15) is 5.01 Å². The minimum atomic E-state index is -0.00718. The Hall–Kier alpha value is -0.900. The van der Waals surface area contributed by atoms with E-state index in [2.05, 4.69) is 52.0 Å². The van der Waals surface area contributed by atoms with Crippen LogP contribution in [-0.4, -0.2) is 37.7 Å². The van der Waals surface area contributed by atoms with E-state index in [0.717, 1.165) is 54.3 Å². The quantitative estimate of drug-likeness (QED) is 0.305. The van der Waals surface area contributed by atoms with E-state index in [0.29, 0.717) is 12.5 Å². The van der Waals surface area contributed by atoms with E-state index in [-0.39, 0.29) is 29.4 Å². The fourth-order valence-electron chi connectivity index (χ4n) is 3.45. The molecule has 1 aliphatic heterocycles. The molecule has 2 N–H and O–H groups in total. The number of aromatic nitrogens is 1. The molecule has 1 fully saturated rings. The Morgan fingerprint density at radius 3 is 2.69 bits per heavy atom. The zero-order valence-electron chi connectivity index (χ0n) is 17.2. The van der Waals surface area contributed by atoms with E-state index >= 15 is 0 Å². The third-order valence-electron chi connectivity index (χ3n) is 5.27. The second kappa shape index (κ2) is 11.5. The molecule has 0 aliphatic carbocycles. The number of rotatable bonds is 6. The van der Waals surface area contributed by atoms with Gasteiger partial charge in [0.25, 0.3) is 0 Å². The lowest BCUT2D eigenvalue weighted by Crippen LogP contribution is -2.47. The lowest BCUT2D eigenvalue weighted by molar-refractivity contribution is 0.0514. The van der Waals surface area contributed by atoms with Gasteiger partial charge in [0, 0.05) is 42.6 Å². The minimum Gasteiger partial charge on any atom is -0.381 e. The third kappa shape index (κ3) is 6.54. The highest BCUT2D eigenvalue weighted by Crippen LogP contribution is 2.35. The summed E-state index contributed by atoms with van der Waals surface area (Å²) in [6, 6.07) is 8.19. The molecule has 8 heteroatoms. The number of benzene rings is 1. The van der Waals surface area contributed by atoms with Crippen molar-refractivity contribution in [1.82, 2.24) is 15.6 Å². The molecule has 0 saturated carbocycles. The molecule has 0 atom stereocenters. The predicted octanol–water partition coefficient (Wildman–Crippen LogP) is 4.95. The molecule has 0 unspecified atom stereocenters. The van der Waals surface area contributed by atoms with E-state index in [9.17, 15) is 0 Å². The Labute approximate surface area is 199 Å². The molecule has 1 aromatic carbocycles. The molecular formula is C21H30ClIN4OS. The van der Waals surface area contributed by atoms with Gasteiger partial charge in [0.15, 0.2) is 5.96 Å². The van der Waals surface area contributed by atoms with E-state index in [4.69, 9.17) is 16.3 Å². The summed E-state index contributed by atoms with van der Waals surface area (Å²) in [7, 11) is 1.80. The van der Waals surface area contributed by atoms with Crippen LogP contribution in [0.1, 0.15) is 48.9 Å². The van der Waals surface area contributed by atoms with Crippen molar-refractivity contribution in [1.29, 1.82) is 0 Å². The summed E-state index contributed by atoms with van der Waals surface area (Å²) in [5, 5.41) is 10.9. The molecule has 3 rings (SSSR count). The van der Waals surface area contributed by atoms with E-state index < -0.39 is 0 Å². The summed E-state index contributed by atoms with van der Waals surface area (Å²) in [6.45, 7) is 7.30. The summed E-state index contributed by atoms with van der Waals surface area (Å²) in [5.74, 6) is 1.24. The zero-order chi connectivity index (χ0) is 20.0. The van der Waals surface area contributed by atoms with Crippen molar-refractivity contribution in [3.63, 3.8) is 0 Å². The number of nitrogens with zero attached hydrogens (tertiary/aromatic N) is 2. The molecule has 0 radical (unpaired) electrons. The number of guanidine groups is 1. The first-order chi connectivity index (χ1) is 13.5. The van der Waals surface area contributed by atoms with Crippen molar-refractivity contribution in [2.24, 2.45) is 4.99 Å². The summed E-state index contributed by atoms with van der Waals surface area (Å²) >= 11 is 7.95. The van der Waals surface area contributed by atoms with Gasteiger partial charge in [-0.15, -0.1) is 35.3 Å². The zero-order valence-corrected chi connectivity index (χ0v) is 21.1. The third-order valence-corrected chi connectivity index (χ3v) is 6.37. The molecule has 5 nitrogen and oxygen atoms in total. The smallest absolute Gasteiger partial charge is 0.191 e. The SMILES string of the molecule is CN=C(NCc1nc(C(C)C)cs1)NCC1(c2cccc(Cl)c2)CCOCC1.I. The molecule has 2 heterocycles. The summed E-state index contributed by atoms with van der Waals surface area (Å²) in [6.07, 6.45) is 1.92. The largest absolute Gasteiger partial charge is 0.381 e. The second-order valence-corrected chi connectivity index (χ2v) is 8.88. The summed E-state index contributed by atoms with van der Waals surface area (Å²) in [4.78, 5) is 9.06. The van der Waals surface area contributed by atoms with E-state index in [1.165, 1.54) is 5.56 Å². The van der Waals surface area contributed by atoms with Gasteiger partial charge in [-0.3, -0.25) is 4.99 Å². The maximum Gasteiger partial charge on any atom is 0.191 e. The van der Waals surface area contributed by atoms with Crippen molar-refractivity contribution in [3.05, 3.63) is 50.9 Å². The first-order valence-corrected chi connectivity index (χ1v) is 11.0. The van der Waals surface area contributed by atoms with Crippen LogP contribution in [0.3, 0.4) is 0 Å². The van der Waals surface area contributed by atoms with Gasteiger partial charge in [0.2, 0.25) is 0 Å². The summed E-state index contributed by atoms with van der Waals surface area (Å²) in [5.41, 5.74) is 2.40. The Morgan fingerprint density at radius 2 is 2.07 bits per heavy atom. The highest BCUT2D eigenvalue weighted by Gasteiger charge is 2.34. The first kappa shape index (κ1) is 24.4. The molecule has 1 aliphatic rings. The van der Waals surface area contributed by atoms with E-state index in [1.54, 1.807) is 18.4 Å². The van der Waals surface area contributed by atoms with Gasteiger partial charge in [-0.25, -0.2) is 4.98 Å².